The number of carbonyl (C=O) groups excluding carboxylic acids is 1. The van der Waals surface area contributed by atoms with Crippen molar-refractivity contribution in [3.63, 3.8) is 0 Å². The van der Waals surface area contributed by atoms with Gasteiger partial charge in [-0.3, -0.25) is 9.59 Å². The first-order valence-electron chi connectivity index (χ1n) is 8.18. The van der Waals surface area contributed by atoms with E-state index in [9.17, 15) is 9.59 Å². The van der Waals surface area contributed by atoms with Crippen LogP contribution < -0.4 is 5.56 Å². The molecule has 1 aromatic rings. The second-order valence-corrected chi connectivity index (χ2v) is 7.79. The van der Waals surface area contributed by atoms with Crippen LogP contribution in [0.2, 0.25) is 0 Å². The van der Waals surface area contributed by atoms with Crippen molar-refractivity contribution < 1.29 is 4.79 Å². The average molecular weight is 303 g/mol. The van der Waals surface area contributed by atoms with E-state index in [1.165, 1.54) is 19.3 Å². The van der Waals surface area contributed by atoms with Crippen LogP contribution in [0.15, 0.2) is 4.79 Å². The van der Waals surface area contributed by atoms with Gasteiger partial charge < -0.3 is 9.88 Å². The molecule has 120 valence electrons. The van der Waals surface area contributed by atoms with Gasteiger partial charge in [-0.1, -0.05) is 27.2 Å². The van der Waals surface area contributed by atoms with Gasteiger partial charge in [-0.05, 0) is 31.6 Å². The molecule has 0 aromatic carbocycles. The summed E-state index contributed by atoms with van der Waals surface area (Å²) in [7, 11) is 0. The number of nitrogens with zero attached hydrogens (tertiary/aromatic N) is 2. The van der Waals surface area contributed by atoms with Gasteiger partial charge in [0.2, 0.25) is 0 Å². The van der Waals surface area contributed by atoms with Crippen LogP contribution in [0.1, 0.15) is 61.9 Å². The third-order valence-electron chi connectivity index (χ3n) is 5.04. The number of nitrogens with one attached hydrogen (secondary N) is 1. The quantitative estimate of drug-likeness (QED) is 0.865. The molecule has 5 heteroatoms. The molecule has 1 saturated heterocycles. The molecule has 0 bridgehead atoms. The number of fused-ring (bicyclic) bond motifs is 1. The van der Waals surface area contributed by atoms with E-state index < -0.39 is 0 Å². The number of hydrogen-bond acceptors (Lipinski definition) is 3. The minimum atomic E-state index is -0.306. The van der Waals surface area contributed by atoms with Gasteiger partial charge in [0.15, 0.2) is 0 Å². The normalized spacial score (nSPS) is 24.6. The summed E-state index contributed by atoms with van der Waals surface area (Å²) < 4.78 is 0. The Balaban J connectivity index is 1.89. The monoisotopic (exact) mass is 303 g/mol. The maximum atomic E-state index is 12.7. The predicted molar refractivity (Wildman–Crippen MR) is 85.0 cm³/mol. The Morgan fingerprint density at radius 1 is 1.23 bits per heavy atom. The first kappa shape index (κ1) is 15.3. The Labute approximate surface area is 131 Å². The van der Waals surface area contributed by atoms with Gasteiger partial charge in [0.1, 0.15) is 11.4 Å². The van der Waals surface area contributed by atoms with Crippen molar-refractivity contribution in [3.8, 4) is 0 Å². The molecular formula is C17H25N3O2. The Morgan fingerprint density at radius 2 is 1.82 bits per heavy atom. The number of hydrogen-bond donors (Lipinski definition) is 1. The van der Waals surface area contributed by atoms with E-state index in [1.807, 2.05) is 25.7 Å². The van der Waals surface area contributed by atoms with Crippen LogP contribution >= 0.6 is 0 Å². The molecule has 1 aromatic heterocycles. The SMILES string of the molecule is Cc1nc(C(C)(C)C)[nH]c(=O)c1C(=O)N1C[C@H]2CCC[C@H]2C1. The largest absolute Gasteiger partial charge is 0.338 e. The van der Waals surface area contributed by atoms with Crippen molar-refractivity contribution in [2.45, 2.75) is 52.4 Å². The van der Waals surface area contributed by atoms with E-state index in [0.717, 1.165) is 13.1 Å². The van der Waals surface area contributed by atoms with E-state index in [4.69, 9.17) is 0 Å². The van der Waals surface area contributed by atoms with Crippen LogP contribution in [0.25, 0.3) is 0 Å². The van der Waals surface area contributed by atoms with Gasteiger partial charge in [-0.2, -0.15) is 0 Å². The molecule has 3 rings (SSSR count). The summed E-state index contributed by atoms with van der Waals surface area (Å²) in [5, 5.41) is 0. The zero-order valence-corrected chi connectivity index (χ0v) is 13.9. The predicted octanol–water partition coefficient (Wildman–Crippen LogP) is 2.25. The van der Waals surface area contributed by atoms with Crippen molar-refractivity contribution in [2.24, 2.45) is 11.8 Å². The fourth-order valence-electron chi connectivity index (χ4n) is 3.75. The summed E-state index contributed by atoms with van der Waals surface area (Å²) in [4.78, 5) is 34.3. The Hall–Kier alpha value is -1.65. The minimum Gasteiger partial charge on any atom is -0.338 e. The van der Waals surface area contributed by atoms with Gasteiger partial charge in [0.05, 0.1) is 5.69 Å². The summed E-state index contributed by atoms with van der Waals surface area (Å²) in [5.41, 5.74) is 0.207. The van der Waals surface area contributed by atoms with Crippen LogP contribution in [0, 0.1) is 18.8 Å². The van der Waals surface area contributed by atoms with Crippen molar-refractivity contribution in [1.29, 1.82) is 0 Å². The Bertz CT molecular complexity index is 645. The number of aromatic nitrogens is 2. The summed E-state index contributed by atoms with van der Waals surface area (Å²) in [6, 6.07) is 0. The Morgan fingerprint density at radius 3 is 2.32 bits per heavy atom. The lowest BCUT2D eigenvalue weighted by Crippen LogP contribution is -2.36. The molecular weight excluding hydrogens is 278 g/mol. The van der Waals surface area contributed by atoms with Crippen LogP contribution in [0.3, 0.4) is 0 Å². The zero-order chi connectivity index (χ0) is 16.1. The van der Waals surface area contributed by atoms with E-state index in [0.29, 0.717) is 23.4 Å². The van der Waals surface area contributed by atoms with Gasteiger partial charge >= 0.3 is 0 Å². The van der Waals surface area contributed by atoms with Crippen LogP contribution in [0.4, 0.5) is 0 Å². The molecule has 2 heterocycles. The molecule has 22 heavy (non-hydrogen) atoms. The number of aryl methyl sites for hydroxylation is 1. The molecule has 1 aliphatic heterocycles. The van der Waals surface area contributed by atoms with Crippen LogP contribution in [0.5, 0.6) is 0 Å². The number of H-pyrrole nitrogens is 1. The van der Waals surface area contributed by atoms with E-state index in [1.54, 1.807) is 6.92 Å². The highest BCUT2D eigenvalue weighted by Gasteiger charge is 2.39. The summed E-state index contributed by atoms with van der Waals surface area (Å²) >= 11 is 0. The molecule has 0 radical (unpaired) electrons. The van der Waals surface area contributed by atoms with Crippen LogP contribution in [-0.4, -0.2) is 33.9 Å². The third-order valence-corrected chi connectivity index (χ3v) is 5.04. The molecule has 1 N–H and O–H groups in total. The summed E-state index contributed by atoms with van der Waals surface area (Å²) in [6.07, 6.45) is 3.70. The lowest BCUT2D eigenvalue weighted by atomic mass is 9.95. The van der Waals surface area contributed by atoms with Crippen LogP contribution in [-0.2, 0) is 5.41 Å². The van der Waals surface area contributed by atoms with Crippen molar-refractivity contribution in [3.05, 3.63) is 27.4 Å². The lowest BCUT2D eigenvalue weighted by molar-refractivity contribution is 0.0777. The number of carbonyl (C=O) groups is 1. The van der Waals surface area contributed by atoms with Gasteiger partial charge in [0.25, 0.3) is 11.5 Å². The van der Waals surface area contributed by atoms with E-state index >= 15 is 0 Å². The second kappa shape index (κ2) is 5.21. The standard InChI is InChI=1S/C17H25N3O2/c1-10-13(14(21)19-16(18-10)17(2,3)4)15(22)20-8-11-6-5-7-12(11)9-20/h11-12H,5-9H2,1-4H3,(H,18,19,21)/t11-,12+. The van der Waals surface area contributed by atoms with E-state index in [2.05, 4.69) is 9.97 Å². The summed E-state index contributed by atoms with van der Waals surface area (Å²) in [6.45, 7) is 9.33. The average Bonchev–Trinajstić information content (AvgIpc) is 2.96. The summed E-state index contributed by atoms with van der Waals surface area (Å²) in [5.74, 6) is 1.74. The maximum Gasteiger partial charge on any atom is 0.264 e. The topological polar surface area (TPSA) is 66.1 Å². The molecule has 0 unspecified atom stereocenters. The molecule has 5 nitrogen and oxygen atoms in total. The third kappa shape index (κ3) is 2.57. The molecule has 1 amide bonds. The highest BCUT2D eigenvalue weighted by Crippen LogP contribution is 2.38. The first-order chi connectivity index (χ1) is 10.3. The van der Waals surface area contributed by atoms with Gasteiger partial charge in [0, 0.05) is 18.5 Å². The van der Waals surface area contributed by atoms with Gasteiger partial charge in [-0.15, -0.1) is 0 Å². The molecule has 0 spiro atoms. The fraction of sp³-hybridized carbons (Fsp3) is 0.706. The first-order valence-corrected chi connectivity index (χ1v) is 8.18. The number of aromatic amines is 1. The molecule has 2 fully saturated rings. The fourth-order valence-corrected chi connectivity index (χ4v) is 3.75. The maximum absolute atomic E-state index is 12.7. The van der Waals surface area contributed by atoms with Crippen molar-refractivity contribution in [2.75, 3.05) is 13.1 Å². The number of likely N-dealkylation sites (tertiary alicyclic amines) is 1. The molecule has 1 aliphatic carbocycles. The number of rotatable bonds is 1. The Kier molecular flexibility index (Phi) is 3.62. The highest BCUT2D eigenvalue weighted by atomic mass is 16.2. The molecule has 2 atom stereocenters. The minimum absolute atomic E-state index is 0.152. The zero-order valence-electron chi connectivity index (χ0n) is 13.9. The van der Waals surface area contributed by atoms with Crippen molar-refractivity contribution >= 4 is 5.91 Å². The van der Waals surface area contributed by atoms with Crippen molar-refractivity contribution in [1.82, 2.24) is 14.9 Å². The smallest absolute Gasteiger partial charge is 0.264 e. The molecule has 1 saturated carbocycles. The molecule has 2 aliphatic rings. The lowest BCUT2D eigenvalue weighted by Gasteiger charge is -2.21. The van der Waals surface area contributed by atoms with Gasteiger partial charge in [-0.25, -0.2) is 4.98 Å². The number of amides is 1. The highest BCUT2D eigenvalue weighted by molar-refractivity contribution is 5.95. The van der Waals surface area contributed by atoms with E-state index in [-0.39, 0.29) is 22.4 Å². The second-order valence-electron chi connectivity index (χ2n) is 7.79.